The van der Waals surface area contributed by atoms with Gasteiger partial charge in [0.2, 0.25) is 0 Å². The van der Waals surface area contributed by atoms with Crippen LogP contribution in [0.15, 0.2) is 30.3 Å². The van der Waals surface area contributed by atoms with E-state index in [0.717, 1.165) is 12.5 Å². The van der Waals surface area contributed by atoms with Gasteiger partial charge in [-0.25, -0.2) is 0 Å². The number of rotatable bonds is 4. The Labute approximate surface area is 135 Å². The molecule has 21 heavy (non-hydrogen) atoms. The molecule has 1 heterocycles. The van der Waals surface area contributed by atoms with Crippen molar-refractivity contribution in [2.45, 2.75) is 38.0 Å². The molecule has 3 heteroatoms. The Hall–Kier alpha value is -0.570. The molecular weight excluding hydrogens is 280 g/mol. The summed E-state index contributed by atoms with van der Waals surface area (Å²) in [5, 5.41) is 0. The first-order chi connectivity index (χ1) is 9.86. The lowest BCUT2D eigenvalue weighted by Gasteiger charge is -2.26. The van der Waals surface area contributed by atoms with Gasteiger partial charge in [0.25, 0.3) is 0 Å². The third-order valence-electron chi connectivity index (χ3n) is 5.29. The first-order valence-corrected chi connectivity index (χ1v) is 8.34. The highest BCUT2D eigenvalue weighted by atomic mass is 35.5. The molecule has 1 aromatic carbocycles. The van der Waals surface area contributed by atoms with Crippen LogP contribution in [0.2, 0.25) is 0 Å². The number of nitrogens with zero attached hydrogens (tertiary/aromatic N) is 1. The van der Waals surface area contributed by atoms with Gasteiger partial charge in [-0.05, 0) is 36.8 Å². The number of hydrogen-bond donors (Lipinski definition) is 1. The summed E-state index contributed by atoms with van der Waals surface area (Å²) in [6, 6.07) is 11.0. The highest BCUT2D eigenvalue weighted by Crippen LogP contribution is 2.34. The molecule has 1 aromatic rings. The minimum Gasteiger partial charge on any atom is -0.330 e. The molecule has 2 atom stereocenters. The zero-order chi connectivity index (χ0) is 13.8. The van der Waals surface area contributed by atoms with E-state index in [1.807, 2.05) is 0 Å². The second kappa shape index (κ2) is 8.17. The molecular formula is C18H29ClN2. The van der Waals surface area contributed by atoms with Crippen molar-refractivity contribution in [2.24, 2.45) is 17.6 Å². The number of hydrogen-bond acceptors (Lipinski definition) is 2. The maximum atomic E-state index is 6.03. The fourth-order valence-corrected chi connectivity index (χ4v) is 4.16. The Balaban J connectivity index is 0.00000161. The van der Waals surface area contributed by atoms with Crippen LogP contribution < -0.4 is 5.73 Å². The third-order valence-corrected chi connectivity index (χ3v) is 5.29. The second-order valence-electron chi connectivity index (χ2n) is 6.74. The number of nitrogens with two attached hydrogens (primary N) is 1. The molecule has 2 fully saturated rings. The van der Waals surface area contributed by atoms with Gasteiger partial charge < -0.3 is 10.6 Å². The Morgan fingerprint density at radius 1 is 1.00 bits per heavy atom. The first kappa shape index (κ1) is 16.8. The van der Waals surface area contributed by atoms with Crippen LogP contribution in [-0.2, 0) is 0 Å². The Bertz CT molecular complexity index is 403. The highest BCUT2D eigenvalue weighted by Gasteiger charge is 2.33. The van der Waals surface area contributed by atoms with Crippen LogP contribution in [0.5, 0.6) is 0 Å². The molecule has 1 saturated carbocycles. The van der Waals surface area contributed by atoms with E-state index in [0.29, 0.717) is 11.8 Å². The van der Waals surface area contributed by atoms with Crippen LogP contribution in [0.3, 0.4) is 0 Å². The topological polar surface area (TPSA) is 29.3 Å². The maximum Gasteiger partial charge on any atom is 0.00541 e. The summed E-state index contributed by atoms with van der Waals surface area (Å²) in [6.07, 6.45) is 7.23. The van der Waals surface area contributed by atoms with Crippen molar-refractivity contribution < 1.29 is 0 Å². The van der Waals surface area contributed by atoms with Crippen molar-refractivity contribution in [3.05, 3.63) is 35.9 Å². The number of benzene rings is 1. The van der Waals surface area contributed by atoms with Gasteiger partial charge in [-0.3, -0.25) is 0 Å². The summed E-state index contributed by atoms with van der Waals surface area (Å²) in [4.78, 5) is 2.69. The van der Waals surface area contributed by atoms with Gasteiger partial charge in [0.05, 0.1) is 0 Å². The smallest absolute Gasteiger partial charge is 0.00541 e. The Kier molecular flexibility index (Phi) is 6.53. The van der Waals surface area contributed by atoms with Crippen molar-refractivity contribution in [1.29, 1.82) is 0 Å². The van der Waals surface area contributed by atoms with E-state index < -0.39 is 0 Å². The third kappa shape index (κ3) is 4.21. The van der Waals surface area contributed by atoms with Crippen LogP contribution in [0.1, 0.15) is 43.6 Å². The SMILES string of the molecule is Cl.NC[C@@H]1CN(CC2CCCCC2)C[C@H]1c1ccccc1. The van der Waals surface area contributed by atoms with Crippen LogP contribution in [0.25, 0.3) is 0 Å². The fourth-order valence-electron chi connectivity index (χ4n) is 4.16. The zero-order valence-electron chi connectivity index (χ0n) is 12.9. The van der Waals surface area contributed by atoms with Gasteiger partial charge in [-0.15, -0.1) is 12.4 Å². The molecule has 0 spiro atoms. The number of halogens is 1. The van der Waals surface area contributed by atoms with Gasteiger partial charge in [0.1, 0.15) is 0 Å². The normalized spacial score (nSPS) is 27.5. The van der Waals surface area contributed by atoms with Crippen molar-refractivity contribution >= 4 is 12.4 Å². The van der Waals surface area contributed by atoms with Crippen LogP contribution in [0.4, 0.5) is 0 Å². The Morgan fingerprint density at radius 3 is 2.38 bits per heavy atom. The van der Waals surface area contributed by atoms with Gasteiger partial charge in [-0.2, -0.15) is 0 Å². The lowest BCUT2D eigenvalue weighted by molar-refractivity contribution is 0.228. The van der Waals surface area contributed by atoms with Crippen molar-refractivity contribution in [2.75, 3.05) is 26.2 Å². The molecule has 2 aliphatic rings. The molecule has 0 amide bonds. The summed E-state index contributed by atoms with van der Waals surface area (Å²) in [6.45, 7) is 4.54. The molecule has 2 N–H and O–H groups in total. The molecule has 0 bridgehead atoms. The number of likely N-dealkylation sites (tertiary alicyclic amines) is 1. The molecule has 3 rings (SSSR count). The first-order valence-electron chi connectivity index (χ1n) is 8.34. The van der Waals surface area contributed by atoms with Crippen molar-refractivity contribution in [3.63, 3.8) is 0 Å². The predicted octanol–water partition coefficient (Wildman–Crippen LogP) is 3.66. The molecule has 0 unspecified atom stereocenters. The predicted molar refractivity (Wildman–Crippen MR) is 92.0 cm³/mol. The van der Waals surface area contributed by atoms with E-state index in [9.17, 15) is 0 Å². The molecule has 1 aliphatic carbocycles. The van der Waals surface area contributed by atoms with Gasteiger partial charge in [0.15, 0.2) is 0 Å². The summed E-state index contributed by atoms with van der Waals surface area (Å²) in [5.41, 5.74) is 7.51. The fraction of sp³-hybridized carbons (Fsp3) is 0.667. The summed E-state index contributed by atoms with van der Waals surface area (Å²) in [5.74, 6) is 2.22. The summed E-state index contributed by atoms with van der Waals surface area (Å²) >= 11 is 0. The van der Waals surface area contributed by atoms with Gasteiger partial charge in [-0.1, -0.05) is 49.6 Å². The minimum absolute atomic E-state index is 0. The highest BCUT2D eigenvalue weighted by molar-refractivity contribution is 5.85. The summed E-state index contributed by atoms with van der Waals surface area (Å²) in [7, 11) is 0. The quantitative estimate of drug-likeness (QED) is 0.919. The van der Waals surface area contributed by atoms with E-state index in [-0.39, 0.29) is 12.4 Å². The largest absolute Gasteiger partial charge is 0.330 e. The lowest BCUT2D eigenvalue weighted by atomic mass is 9.89. The molecule has 2 nitrogen and oxygen atoms in total. The molecule has 0 radical (unpaired) electrons. The second-order valence-corrected chi connectivity index (χ2v) is 6.74. The minimum atomic E-state index is 0. The average molecular weight is 309 g/mol. The maximum absolute atomic E-state index is 6.03. The summed E-state index contributed by atoms with van der Waals surface area (Å²) < 4.78 is 0. The standard InChI is InChI=1S/C18H28N2.ClH/c19-11-17-13-20(12-15-7-3-1-4-8-15)14-18(17)16-9-5-2-6-10-16;/h2,5-6,9-10,15,17-18H,1,3-4,7-8,11-14,19H2;1H/t17-,18+;/m1./s1. The molecule has 1 aliphatic heterocycles. The monoisotopic (exact) mass is 308 g/mol. The zero-order valence-corrected chi connectivity index (χ0v) is 13.7. The van der Waals surface area contributed by atoms with Gasteiger partial charge in [0, 0.05) is 25.6 Å². The lowest BCUT2D eigenvalue weighted by Crippen LogP contribution is -2.29. The van der Waals surface area contributed by atoms with E-state index in [4.69, 9.17) is 5.73 Å². The molecule has 1 saturated heterocycles. The van der Waals surface area contributed by atoms with Crippen LogP contribution >= 0.6 is 12.4 Å². The van der Waals surface area contributed by atoms with E-state index in [2.05, 4.69) is 35.2 Å². The van der Waals surface area contributed by atoms with E-state index >= 15 is 0 Å². The molecule has 0 aromatic heterocycles. The van der Waals surface area contributed by atoms with E-state index in [1.54, 1.807) is 0 Å². The molecule has 118 valence electrons. The average Bonchev–Trinajstić information content (AvgIpc) is 2.92. The van der Waals surface area contributed by atoms with Crippen LogP contribution in [0, 0.1) is 11.8 Å². The van der Waals surface area contributed by atoms with Gasteiger partial charge >= 0.3 is 0 Å². The van der Waals surface area contributed by atoms with Crippen molar-refractivity contribution in [3.8, 4) is 0 Å². The van der Waals surface area contributed by atoms with E-state index in [1.165, 1.54) is 57.3 Å². The Morgan fingerprint density at radius 2 is 1.71 bits per heavy atom. The van der Waals surface area contributed by atoms with Crippen LogP contribution in [-0.4, -0.2) is 31.1 Å². The van der Waals surface area contributed by atoms with Crippen molar-refractivity contribution in [1.82, 2.24) is 4.90 Å².